The molecule has 26 heavy (non-hydrogen) atoms. The normalized spacial score (nSPS) is 16.2. The number of imide groups is 2. The van der Waals surface area contributed by atoms with Gasteiger partial charge in [0.05, 0.1) is 5.69 Å². The highest BCUT2D eigenvalue weighted by molar-refractivity contribution is 9.10. The second kappa shape index (κ2) is 7.05. The van der Waals surface area contributed by atoms with Crippen LogP contribution in [0.4, 0.5) is 10.5 Å². The number of nitrogens with zero attached hydrogens (tertiary/aromatic N) is 1. The Labute approximate surface area is 165 Å². The highest BCUT2D eigenvalue weighted by atomic mass is 79.9. The first-order valence-electron chi connectivity index (χ1n) is 7.44. The molecule has 8 heteroatoms. The van der Waals surface area contributed by atoms with E-state index in [2.05, 4.69) is 37.2 Å². The molecule has 0 aromatic heterocycles. The molecule has 1 fully saturated rings. The maximum atomic E-state index is 12.8. The number of hydrogen-bond acceptors (Lipinski definition) is 4. The highest BCUT2D eigenvalue weighted by Crippen LogP contribution is 2.28. The largest absolute Gasteiger partial charge is 0.507 e. The summed E-state index contributed by atoms with van der Waals surface area (Å²) < 4.78 is 1.50. The molecule has 0 unspecified atom stereocenters. The number of halogens is 2. The number of urea groups is 1. The number of barbiturate groups is 1. The minimum absolute atomic E-state index is 0.0933. The molecule has 1 aliphatic rings. The smallest absolute Gasteiger partial charge is 0.335 e. The van der Waals surface area contributed by atoms with Crippen LogP contribution in [0.25, 0.3) is 6.08 Å². The Balaban J connectivity index is 2.07. The molecule has 0 saturated carbocycles. The third kappa shape index (κ3) is 3.42. The Bertz CT molecular complexity index is 985. The molecule has 2 N–H and O–H groups in total. The summed E-state index contributed by atoms with van der Waals surface area (Å²) in [5.41, 5.74) is 1.19. The predicted molar refractivity (Wildman–Crippen MR) is 104 cm³/mol. The molecule has 1 saturated heterocycles. The van der Waals surface area contributed by atoms with Crippen molar-refractivity contribution in [3.63, 3.8) is 0 Å². The van der Waals surface area contributed by atoms with Gasteiger partial charge in [0.1, 0.15) is 11.3 Å². The fourth-order valence-electron chi connectivity index (χ4n) is 2.46. The monoisotopic (exact) mass is 478 g/mol. The van der Waals surface area contributed by atoms with Gasteiger partial charge in [-0.1, -0.05) is 31.9 Å². The molecule has 0 bridgehead atoms. The Hall–Kier alpha value is -2.45. The quantitative estimate of drug-likeness (QED) is 0.505. The molecule has 2 aromatic carbocycles. The van der Waals surface area contributed by atoms with E-state index < -0.39 is 17.8 Å². The third-order valence-corrected chi connectivity index (χ3v) is 5.17. The Kier molecular flexibility index (Phi) is 4.97. The fourth-order valence-corrected chi connectivity index (χ4v) is 3.08. The van der Waals surface area contributed by atoms with Gasteiger partial charge in [-0.2, -0.15) is 0 Å². The van der Waals surface area contributed by atoms with E-state index >= 15 is 0 Å². The van der Waals surface area contributed by atoms with Gasteiger partial charge in [0.15, 0.2) is 0 Å². The Morgan fingerprint density at radius 2 is 1.81 bits per heavy atom. The van der Waals surface area contributed by atoms with Crippen LogP contribution >= 0.6 is 31.9 Å². The number of phenolic OH excluding ortho intramolecular Hbond substituents is 1. The number of hydrogen-bond donors (Lipinski definition) is 2. The lowest BCUT2D eigenvalue weighted by Crippen LogP contribution is -2.54. The number of carbonyl (C=O) groups is 3. The average molecular weight is 480 g/mol. The summed E-state index contributed by atoms with van der Waals surface area (Å²) in [6, 6.07) is 8.77. The third-order valence-electron chi connectivity index (χ3n) is 3.79. The number of carbonyl (C=O) groups excluding carboxylic acids is 3. The van der Waals surface area contributed by atoms with Crippen molar-refractivity contribution < 1.29 is 19.5 Å². The summed E-state index contributed by atoms with van der Waals surface area (Å²) in [6.45, 7) is 1.82. The lowest BCUT2D eigenvalue weighted by Gasteiger charge is -2.26. The number of anilines is 1. The first kappa shape index (κ1) is 18.3. The SMILES string of the molecule is Cc1cc(N2C(=O)NC(=O)/C(=C/c3cc(Br)ccc3O)C2=O)ccc1Br. The van der Waals surface area contributed by atoms with Crippen molar-refractivity contribution >= 4 is 61.5 Å². The molecule has 4 amide bonds. The van der Waals surface area contributed by atoms with Crippen LogP contribution in [0.1, 0.15) is 11.1 Å². The lowest BCUT2D eigenvalue weighted by molar-refractivity contribution is -0.122. The second-order valence-corrected chi connectivity index (χ2v) is 7.36. The maximum absolute atomic E-state index is 12.8. The van der Waals surface area contributed by atoms with Crippen molar-refractivity contribution in [2.45, 2.75) is 6.92 Å². The zero-order valence-electron chi connectivity index (χ0n) is 13.4. The van der Waals surface area contributed by atoms with E-state index in [-0.39, 0.29) is 16.9 Å². The van der Waals surface area contributed by atoms with E-state index in [1.165, 1.54) is 12.1 Å². The summed E-state index contributed by atoms with van der Waals surface area (Å²) in [5.74, 6) is -1.67. The van der Waals surface area contributed by atoms with Crippen LogP contribution in [0, 0.1) is 6.92 Å². The van der Waals surface area contributed by atoms with E-state index in [4.69, 9.17) is 0 Å². The minimum atomic E-state index is -0.822. The summed E-state index contributed by atoms with van der Waals surface area (Å²) >= 11 is 6.63. The van der Waals surface area contributed by atoms with Gasteiger partial charge in [-0.25, -0.2) is 9.69 Å². The average Bonchev–Trinajstić information content (AvgIpc) is 2.57. The Morgan fingerprint density at radius 1 is 1.08 bits per heavy atom. The zero-order valence-corrected chi connectivity index (χ0v) is 16.6. The Morgan fingerprint density at radius 3 is 2.50 bits per heavy atom. The van der Waals surface area contributed by atoms with Crippen LogP contribution in [0.5, 0.6) is 5.75 Å². The van der Waals surface area contributed by atoms with E-state index in [9.17, 15) is 19.5 Å². The van der Waals surface area contributed by atoms with Gasteiger partial charge in [0, 0.05) is 14.5 Å². The molecule has 6 nitrogen and oxygen atoms in total. The lowest BCUT2D eigenvalue weighted by atomic mass is 10.1. The topological polar surface area (TPSA) is 86.7 Å². The summed E-state index contributed by atoms with van der Waals surface area (Å²) in [6.07, 6.45) is 1.25. The number of nitrogens with one attached hydrogen (secondary N) is 1. The van der Waals surface area contributed by atoms with E-state index in [0.29, 0.717) is 10.2 Å². The van der Waals surface area contributed by atoms with Gasteiger partial charge in [-0.05, 0) is 55.0 Å². The zero-order chi connectivity index (χ0) is 19.0. The molecule has 1 heterocycles. The van der Waals surface area contributed by atoms with Crippen LogP contribution in [0.3, 0.4) is 0 Å². The summed E-state index contributed by atoms with van der Waals surface area (Å²) in [5, 5.41) is 12.1. The maximum Gasteiger partial charge on any atom is 0.335 e. The van der Waals surface area contributed by atoms with Crippen LogP contribution in [0.2, 0.25) is 0 Å². The van der Waals surface area contributed by atoms with Gasteiger partial charge in [-0.15, -0.1) is 0 Å². The first-order valence-corrected chi connectivity index (χ1v) is 9.02. The minimum Gasteiger partial charge on any atom is -0.507 e. The molecule has 132 valence electrons. The van der Waals surface area contributed by atoms with Crippen molar-refractivity contribution in [2.75, 3.05) is 4.90 Å². The summed E-state index contributed by atoms with van der Waals surface area (Å²) in [7, 11) is 0. The number of amides is 4. The number of rotatable bonds is 2. The molecular weight excluding hydrogens is 468 g/mol. The molecule has 2 aromatic rings. The van der Waals surface area contributed by atoms with Gasteiger partial charge in [-0.3, -0.25) is 14.9 Å². The van der Waals surface area contributed by atoms with Crippen molar-refractivity contribution in [2.24, 2.45) is 0 Å². The van der Waals surface area contributed by atoms with Gasteiger partial charge in [0.2, 0.25) is 0 Å². The highest BCUT2D eigenvalue weighted by Gasteiger charge is 2.37. The fraction of sp³-hybridized carbons (Fsp3) is 0.0556. The standard InChI is InChI=1S/C18H12Br2N2O4/c1-9-6-12(3-4-14(9)20)22-17(25)13(16(24)21-18(22)26)8-10-7-11(19)2-5-15(10)23/h2-8,23H,1H3,(H,21,24,26)/b13-8-. The number of aryl methyl sites for hydroxylation is 1. The summed E-state index contributed by atoms with van der Waals surface area (Å²) in [4.78, 5) is 38.1. The number of phenols is 1. The van der Waals surface area contributed by atoms with Crippen molar-refractivity contribution in [1.29, 1.82) is 0 Å². The van der Waals surface area contributed by atoms with E-state index in [0.717, 1.165) is 14.9 Å². The van der Waals surface area contributed by atoms with Crippen molar-refractivity contribution in [1.82, 2.24) is 5.32 Å². The molecule has 0 spiro atoms. The second-order valence-electron chi connectivity index (χ2n) is 5.59. The molecule has 3 rings (SSSR count). The van der Waals surface area contributed by atoms with Crippen LogP contribution < -0.4 is 10.2 Å². The van der Waals surface area contributed by atoms with Crippen LogP contribution in [0.15, 0.2) is 50.9 Å². The van der Waals surface area contributed by atoms with Crippen molar-refractivity contribution in [3.05, 3.63) is 62.0 Å². The molecule has 1 aliphatic heterocycles. The van der Waals surface area contributed by atoms with E-state index in [1.807, 2.05) is 6.92 Å². The van der Waals surface area contributed by atoms with Gasteiger partial charge < -0.3 is 5.11 Å². The van der Waals surface area contributed by atoms with Crippen LogP contribution in [-0.2, 0) is 9.59 Å². The van der Waals surface area contributed by atoms with Gasteiger partial charge in [0.25, 0.3) is 11.8 Å². The first-order chi connectivity index (χ1) is 12.3. The van der Waals surface area contributed by atoms with E-state index in [1.54, 1.807) is 30.3 Å². The molecular formula is C18H12Br2N2O4. The molecule has 0 aliphatic carbocycles. The predicted octanol–water partition coefficient (Wildman–Crippen LogP) is 3.89. The number of aromatic hydroxyl groups is 1. The number of benzene rings is 2. The molecule has 0 radical (unpaired) electrons. The van der Waals surface area contributed by atoms with Crippen molar-refractivity contribution in [3.8, 4) is 5.75 Å². The van der Waals surface area contributed by atoms with Gasteiger partial charge >= 0.3 is 6.03 Å². The molecule has 0 atom stereocenters. The van der Waals surface area contributed by atoms with Crippen LogP contribution in [-0.4, -0.2) is 23.0 Å².